The van der Waals surface area contributed by atoms with Gasteiger partial charge in [-0.25, -0.2) is 0 Å². The smallest absolute Gasteiger partial charge is 0.179 e. The van der Waals surface area contributed by atoms with Crippen LogP contribution in [0.3, 0.4) is 0 Å². The van der Waals surface area contributed by atoms with Crippen LogP contribution < -0.4 is 9.47 Å². The Hall–Kier alpha value is -1.22. The summed E-state index contributed by atoms with van der Waals surface area (Å²) in [5, 5.41) is 0.427. The summed E-state index contributed by atoms with van der Waals surface area (Å²) in [4.78, 5) is 10.7. The van der Waals surface area contributed by atoms with Crippen LogP contribution in [0.1, 0.15) is 18.4 Å². The molecule has 0 saturated heterocycles. The first-order valence-corrected chi connectivity index (χ1v) is 4.89. The first-order valence-electron chi connectivity index (χ1n) is 4.51. The number of methoxy groups -OCH3 is 2. The molecular formula is C11H13ClO3. The lowest BCUT2D eigenvalue weighted by Crippen LogP contribution is -1.99. The maximum atomic E-state index is 10.7. The predicted octanol–water partition coefficient (Wildman–Crippen LogP) is 2.66. The van der Waals surface area contributed by atoms with Crippen molar-refractivity contribution in [3.05, 3.63) is 22.7 Å². The largest absolute Gasteiger partial charge is 0.493 e. The molecule has 0 heterocycles. The van der Waals surface area contributed by atoms with Crippen LogP contribution in [0.15, 0.2) is 12.1 Å². The van der Waals surface area contributed by atoms with Gasteiger partial charge < -0.3 is 14.3 Å². The van der Waals surface area contributed by atoms with Crippen molar-refractivity contribution in [3.63, 3.8) is 0 Å². The van der Waals surface area contributed by atoms with Crippen LogP contribution in [0.5, 0.6) is 11.5 Å². The Labute approximate surface area is 93.9 Å². The van der Waals surface area contributed by atoms with Gasteiger partial charge in [-0.3, -0.25) is 0 Å². The molecule has 1 rings (SSSR count). The number of ether oxygens (including phenoxy) is 2. The molecule has 1 aromatic carbocycles. The molecule has 1 unspecified atom stereocenters. The number of benzene rings is 1. The highest BCUT2D eigenvalue weighted by molar-refractivity contribution is 6.33. The zero-order valence-corrected chi connectivity index (χ0v) is 9.67. The Morgan fingerprint density at radius 1 is 1.33 bits per heavy atom. The molecule has 0 radical (unpaired) electrons. The normalized spacial score (nSPS) is 12.0. The number of aldehydes is 1. The molecule has 15 heavy (non-hydrogen) atoms. The van der Waals surface area contributed by atoms with E-state index >= 15 is 0 Å². The summed E-state index contributed by atoms with van der Waals surface area (Å²) in [6, 6.07) is 3.50. The minimum absolute atomic E-state index is 0.252. The van der Waals surface area contributed by atoms with Gasteiger partial charge in [0, 0.05) is 5.92 Å². The van der Waals surface area contributed by atoms with E-state index in [-0.39, 0.29) is 5.92 Å². The average Bonchev–Trinajstić information content (AvgIpc) is 2.27. The van der Waals surface area contributed by atoms with Gasteiger partial charge >= 0.3 is 0 Å². The van der Waals surface area contributed by atoms with E-state index < -0.39 is 0 Å². The molecule has 0 saturated carbocycles. The third-order valence-corrected chi connectivity index (χ3v) is 2.60. The van der Waals surface area contributed by atoms with Crippen molar-refractivity contribution in [2.75, 3.05) is 14.2 Å². The highest BCUT2D eigenvalue weighted by atomic mass is 35.5. The van der Waals surface area contributed by atoms with Crippen LogP contribution in [-0.4, -0.2) is 20.5 Å². The molecule has 0 amide bonds. The Morgan fingerprint density at radius 3 is 2.47 bits per heavy atom. The van der Waals surface area contributed by atoms with E-state index in [4.69, 9.17) is 21.1 Å². The molecule has 82 valence electrons. The first kappa shape index (κ1) is 11.9. The molecule has 0 bridgehead atoms. The zero-order chi connectivity index (χ0) is 11.4. The Morgan fingerprint density at radius 2 is 2.00 bits per heavy atom. The molecule has 0 fully saturated rings. The average molecular weight is 229 g/mol. The highest BCUT2D eigenvalue weighted by Gasteiger charge is 2.16. The second-order valence-electron chi connectivity index (χ2n) is 3.13. The molecule has 0 aliphatic rings. The van der Waals surface area contributed by atoms with E-state index in [0.717, 1.165) is 11.8 Å². The van der Waals surface area contributed by atoms with Crippen molar-refractivity contribution in [1.82, 2.24) is 0 Å². The molecule has 0 aromatic heterocycles. The lowest BCUT2D eigenvalue weighted by Gasteiger charge is -2.13. The molecule has 4 heteroatoms. The monoisotopic (exact) mass is 228 g/mol. The van der Waals surface area contributed by atoms with Crippen molar-refractivity contribution in [1.29, 1.82) is 0 Å². The van der Waals surface area contributed by atoms with Crippen LogP contribution in [-0.2, 0) is 4.79 Å². The van der Waals surface area contributed by atoms with Crippen molar-refractivity contribution in [2.45, 2.75) is 12.8 Å². The van der Waals surface area contributed by atoms with E-state index in [1.807, 2.05) is 0 Å². The highest BCUT2D eigenvalue weighted by Crippen LogP contribution is 2.39. The molecule has 1 atom stereocenters. The van der Waals surface area contributed by atoms with Gasteiger partial charge in [-0.05, 0) is 11.6 Å². The van der Waals surface area contributed by atoms with Crippen molar-refractivity contribution in [3.8, 4) is 11.5 Å². The molecule has 0 N–H and O–H groups in total. The van der Waals surface area contributed by atoms with Gasteiger partial charge in [-0.2, -0.15) is 0 Å². The van der Waals surface area contributed by atoms with E-state index in [1.165, 1.54) is 14.2 Å². The third kappa shape index (κ3) is 2.23. The van der Waals surface area contributed by atoms with Crippen LogP contribution >= 0.6 is 11.6 Å². The second kappa shape index (κ2) is 5.03. The van der Waals surface area contributed by atoms with Gasteiger partial charge in [0.05, 0.1) is 19.2 Å². The first-order chi connectivity index (χ1) is 7.15. The number of rotatable bonds is 4. The van der Waals surface area contributed by atoms with E-state index in [0.29, 0.717) is 16.5 Å². The van der Waals surface area contributed by atoms with Gasteiger partial charge in [0.25, 0.3) is 0 Å². The fourth-order valence-corrected chi connectivity index (χ4v) is 1.73. The molecule has 3 nitrogen and oxygen atoms in total. The number of halogens is 1. The SMILES string of the molecule is COc1ccc(C(C)C=O)c(Cl)c1OC. The number of hydrogen-bond acceptors (Lipinski definition) is 3. The summed E-state index contributed by atoms with van der Waals surface area (Å²) in [7, 11) is 3.05. The van der Waals surface area contributed by atoms with Crippen molar-refractivity contribution >= 4 is 17.9 Å². The molecule has 1 aromatic rings. The van der Waals surface area contributed by atoms with E-state index in [1.54, 1.807) is 19.1 Å². The number of carbonyl (C=O) groups excluding carboxylic acids is 1. The van der Waals surface area contributed by atoms with Crippen LogP contribution in [0.4, 0.5) is 0 Å². The quantitative estimate of drug-likeness (QED) is 0.744. The molecule has 0 spiro atoms. The minimum Gasteiger partial charge on any atom is -0.493 e. The topological polar surface area (TPSA) is 35.5 Å². The molecule has 0 aliphatic carbocycles. The summed E-state index contributed by atoms with van der Waals surface area (Å²) in [6.45, 7) is 1.78. The summed E-state index contributed by atoms with van der Waals surface area (Å²) < 4.78 is 10.2. The van der Waals surface area contributed by atoms with Gasteiger partial charge in [-0.1, -0.05) is 24.6 Å². The summed E-state index contributed by atoms with van der Waals surface area (Å²) in [5.41, 5.74) is 0.740. The van der Waals surface area contributed by atoms with Gasteiger partial charge in [-0.15, -0.1) is 0 Å². The van der Waals surface area contributed by atoms with E-state index in [2.05, 4.69) is 0 Å². The third-order valence-electron chi connectivity index (χ3n) is 2.21. The Kier molecular flexibility index (Phi) is 3.97. The standard InChI is InChI=1S/C11H13ClO3/c1-7(6-13)8-4-5-9(14-2)11(15-3)10(8)12/h4-7H,1-3H3. The summed E-state index contributed by atoms with van der Waals surface area (Å²) >= 11 is 6.10. The van der Waals surface area contributed by atoms with Crippen molar-refractivity contribution in [2.24, 2.45) is 0 Å². The second-order valence-corrected chi connectivity index (χ2v) is 3.51. The zero-order valence-electron chi connectivity index (χ0n) is 8.91. The minimum atomic E-state index is -0.252. The Bertz CT molecular complexity index is 363. The van der Waals surface area contributed by atoms with Crippen LogP contribution in [0.25, 0.3) is 0 Å². The van der Waals surface area contributed by atoms with Crippen LogP contribution in [0.2, 0.25) is 5.02 Å². The van der Waals surface area contributed by atoms with Gasteiger partial charge in [0.15, 0.2) is 11.5 Å². The van der Waals surface area contributed by atoms with Gasteiger partial charge in [0.1, 0.15) is 6.29 Å². The Balaban J connectivity index is 3.28. The fraction of sp³-hybridized carbons (Fsp3) is 0.364. The predicted molar refractivity (Wildman–Crippen MR) is 59.0 cm³/mol. The fourth-order valence-electron chi connectivity index (χ4n) is 1.33. The van der Waals surface area contributed by atoms with E-state index in [9.17, 15) is 4.79 Å². The summed E-state index contributed by atoms with van der Waals surface area (Å²) in [5.74, 6) is 0.770. The maximum Gasteiger partial charge on any atom is 0.179 e. The number of hydrogen-bond donors (Lipinski definition) is 0. The van der Waals surface area contributed by atoms with Gasteiger partial charge in [0.2, 0.25) is 0 Å². The lowest BCUT2D eigenvalue weighted by atomic mass is 10.0. The summed E-state index contributed by atoms with van der Waals surface area (Å²) in [6.07, 6.45) is 0.840. The van der Waals surface area contributed by atoms with Crippen LogP contribution in [0, 0.1) is 0 Å². The molecular weight excluding hydrogens is 216 g/mol. The number of carbonyl (C=O) groups is 1. The van der Waals surface area contributed by atoms with Crippen molar-refractivity contribution < 1.29 is 14.3 Å². The molecule has 0 aliphatic heterocycles. The lowest BCUT2D eigenvalue weighted by molar-refractivity contribution is -0.108. The maximum absolute atomic E-state index is 10.7.